The van der Waals surface area contributed by atoms with Gasteiger partial charge in [0.15, 0.2) is 5.96 Å². The van der Waals surface area contributed by atoms with Crippen LogP contribution in [0.2, 0.25) is 0 Å². The van der Waals surface area contributed by atoms with E-state index in [0.29, 0.717) is 12.5 Å². The number of aliphatic imine (C=N–C) groups is 1. The molecule has 6 heteroatoms. The molecule has 0 saturated heterocycles. The maximum Gasteiger partial charge on any atom is 0.193 e. The van der Waals surface area contributed by atoms with Gasteiger partial charge in [0.2, 0.25) is 0 Å². The van der Waals surface area contributed by atoms with Crippen LogP contribution in [0.5, 0.6) is 5.75 Å². The van der Waals surface area contributed by atoms with Gasteiger partial charge in [-0.3, -0.25) is 4.99 Å². The third kappa shape index (κ3) is 5.64. The molecular formula is C16H27IN4O. The van der Waals surface area contributed by atoms with Crippen molar-refractivity contribution in [2.45, 2.75) is 31.7 Å². The highest BCUT2D eigenvalue weighted by Crippen LogP contribution is 2.23. The van der Waals surface area contributed by atoms with E-state index in [0.717, 1.165) is 24.0 Å². The Morgan fingerprint density at radius 2 is 2.05 bits per heavy atom. The summed E-state index contributed by atoms with van der Waals surface area (Å²) >= 11 is 0. The molecule has 1 aliphatic carbocycles. The molecule has 0 amide bonds. The molecule has 124 valence electrons. The molecule has 0 heterocycles. The largest absolute Gasteiger partial charge is 0.495 e. The van der Waals surface area contributed by atoms with E-state index in [1.165, 1.54) is 25.7 Å². The number of nitrogens with zero attached hydrogens (tertiary/aromatic N) is 2. The summed E-state index contributed by atoms with van der Waals surface area (Å²) in [4.78, 5) is 6.79. The lowest BCUT2D eigenvalue weighted by molar-refractivity contribution is 0.252. The molecule has 0 radical (unpaired) electrons. The lowest BCUT2D eigenvalue weighted by atomic mass is 10.2. The minimum atomic E-state index is 0. The fraction of sp³-hybridized carbons (Fsp3) is 0.562. The van der Waals surface area contributed by atoms with Crippen molar-refractivity contribution in [2.75, 3.05) is 32.6 Å². The second-order valence-corrected chi connectivity index (χ2v) is 5.51. The molecule has 0 bridgehead atoms. The minimum Gasteiger partial charge on any atom is -0.495 e. The van der Waals surface area contributed by atoms with Gasteiger partial charge in [0, 0.05) is 12.6 Å². The standard InChI is InChI=1S/C16H26N4O.HI/c1-20(13-7-3-4-8-13)12-11-18-16(17)19-14-9-5-6-10-15(14)21-2;/h5-6,9-10,13H,3-4,7-8,11-12H2,1-2H3,(H3,17,18,19);1H. The van der Waals surface area contributed by atoms with Crippen molar-refractivity contribution in [3.05, 3.63) is 24.3 Å². The third-order valence-electron chi connectivity index (χ3n) is 4.05. The smallest absolute Gasteiger partial charge is 0.193 e. The first-order chi connectivity index (χ1) is 10.2. The maximum atomic E-state index is 5.93. The SMILES string of the molecule is COc1ccccc1NC(N)=NCCN(C)C1CCCC1.I. The number of ether oxygens (including phenoxy) is 1. The lowest BCUT2D eigenvalue weighted by Gasteiger charge is -2.22. The summed E-state index contributed by atoms with van der Waals surface area (Å²) in [7, 11) is 3.82. The maximum absolute atomic E-state index is 5.93. The van der Waals surface area contributed by atoms with Crippen LogP contribution < -0.4 is 15.8 Å². The van der Waals surface area contributed by atoms with Gasteiger partial charge in [-0.05, 0) is 32.0 Å². The highest BCUT2D eigenvalue weighted by Gasteiger charge is 2.18. The van der Waals surface area contributed by atoms with Gasteiger partial charge in [0.25, 0.3) is 0 Å². The predicted molar refractivity (Wildman–Crippen MR) is 103 cm³/mol. The number of nitrogens with one attached hydrogen (secondary N) is 1. The van der Waals surface area contributed by atoms with Gasteiger partial charge in [-0.15, -0.1) is 24.0 Å². The van der Waals surface area contributed by atoms with E-state index in [2.05, 4.69) is 22.3 Å². The van der Waals surface area contributed by atoms with Crippen LogP contribution in [0.25, 0.3) is 0 Å². The molecule has 1 aromatic carbocycles. The fourth-order valence-electron chi connectivity index (χ4n) is 2.78. The molecule has 5 nitrogen and oxygen atoms in total. The van der Waals surface area contributed by atoms with E-state index in [1.54, 1.807) is 7.11 Å². The number of rotatable bonds is 6. The molecule has 0 atom stereocenters. The second kappa shape index (κ2) is 9.89. The summed E-state index contributed by atoms with van der Waals surface area (Å²) in [5, 5.41) is 3.09. The van der Waals surface area contributed by atoms with Crippen LogP contribution in [-0.4, -0.2) is 44.1 Å². The molecule has 1 fully saturated rings. The lowest BCUT2D eigenvalue weighted by Crippen LogP contribution is -2.32. The first kappa shape index (κ1) is 19.0. The summed E-state index contributed by atoms with van der Waals surface area (Å²) < 4.78 is 5.28. The highest BCUT2D eigenvalue weighted by atomic mass is 127. The number of likely N-dealkylation sites (N-methyl/N-ethyl adjacent to an activating group) is 1. The van der Waals surface area contributed by atoms with Gasteiger partial charge >= 0.3 is 0 Å². The summed E-state index contributed by atoms with van der Waals surface area (Å²) in [6.45, 7) is 1.65. The van der Waals surface area contributed by atoms with Gasteiger partial charge in [0.05, 0.1) is 19.3 Å². The minimum absolute atomic E-state index is 0. The number of hydrogen-bond acceptors (Lipinski definition) is 3. The molecular weight excluding hydrogens is 391 g/mol. The van der Waals surface area contributed by atoms with Crippen molar-refractivity contribution in [1.29, 1.82) is 0 Å². The molecule has 1 aliphatic rings. The Morgan fingerprint density at radius 1 is 1.36 bits per heavy atom. The average molecular weight is 418 g/mol. The zero-order chi connectivity index (χ0) is 15.1. The summed E-state index contributed by atoms with van der Waals surface area (Å²) in [5.41, 5.74) is 6.77. The van der Waals surface area contributed by atoms with Crippen LogP contribution in [0, 0.1) is 0 Å². The normalized spacial score (nSPS) is 15.7. The molecule has 1 aromatic rings. The average Bonchev–Trinajstić information content (AvgIpc) is 3.02. The number of hydrogen-bond donors (Lipinski definition) is 2. The number of methoxy groups -OCH3 is 1. The number of para-hydroxylation sites is 2. The third-order valence-corrected chi connectivity index (χ3v) is 4.05. The van der Waals surface area contributed by atoms with Crippen LogP contribution in [0.4, 0.5) is 5.69 Å². The zero-order valence-electron chi connectivity index (χ0n) is 13.4. The molecule has 22 heavy (non-hydrogen) atoms. The Bertz CT molecular complexity index is 475. The quantitative estimate of drug-likeness (QED) is 0.424. The van der Waals surface area contributed by atoms with Crippen molar-refractivity contribution in [2.24, 2.45) is 10.7 Å². The number of guanidine groups is 1. The van der Waals surface area contributed by atoms with E-state index in [-0.39, 0.29) is 24.0 Å². The van der Waals surface area contributed by atoms with Gasteiger partial charge in [-0.1, -0.05) is 25.0 Å². The van der Waals surface area contributed by atoms with Crippen molar-refractivity contribution in [3.8, 4) is 5.75 Å². The Balaban J connectivity index is 0.00000242. The first-order valence-corrected chi connectivity index (χ1v) is 7.61. The Morgan fingerprint density at radius 3 is 2.73 bits per heavy atom. The van der Waals surface area contributed by atoms with E-state index in [9.17, 15) is 0 Å². The predicted octanol–water partition coefficient (Wildman–Crippen LogP) is 2.91. The molecule has 3 N–H and O–H groups in total. The Hall–Kier alpha value is -1.02. The number of halogens is 1. The van der Waals surface area contributed by atoms with E-state index >= 15 is 0 Å². The van der Waals surface area contributed by atoms with Gasteiger partial charge in [0.1, 0.15) is 5.75 Å². The highest BCUT2D eigenvalue weighted by molar-refractivity contribution is 14.0. The molecule has 1 saturated carbocycles. The van der Waals surface area contributed by atoms with Crippen molar-refractivity contribution in [3.63, 3.8) is 0 Å². The fourth-order valence-corrected chi connectivity index (χ4v) is 2.78. The monoisotopic (exact) mass is 418 g/mol. The number of nitrogens with two attached hydrogens (primary N) is 1. The first-order valence-electron chi connectivity index (χ1n) is 7.61. The van der Waals surface area contributed by atoms with Crippen molar-refractivity contribution in [1.82, 2.24) is 4.90 Å². The number of benzene rings is 1. The molecule has 0 unspecified atom stereocenters. The molecule has 2 rings (SSSR count). The van der Waals surface area contributed by atoms with Crippen LogP contribution >= 0.6 is 24.0 Å². The van der Waals surface area contributed by atoms with Crippen LogP contribution in [0.3, 0.4) is 0 Å². The topological polar surface area (TPSA) is 62.9 Å². The zero-order valence-corrected chi connectivity index (χ0v) is 15.7. The van der Waals surface area contributed by atoms with Gasteiger partial charge in [-0.25, -0.2) is 0 Å². The van der Waals surface area contributed by atoms with E-state index < -0.39 is 0 Å². The summed E-state index contributed by atoms with van der Waals surface area (Å²) in [6, 6.07) is 8.40. The van der Waals surface area contributed by atoms with Crippen LogP contribution in [0.1, 0.15) is 25.7 Å². The van der Waals surface area contributed by atoms with Crippen molar-refractivity contribution < 1.29 is 4.74 Å². The van der Waals surface area contributed by atoms with E-state index in [4.69, 9.17) is 10.5 Å². The summed E-state index contributed by atoms with van der Waals surface area (Å²) in [6.07, 6.45) is 5.34. The Labute approximate surface area is 150 Å². The molecule has 0 spiro atoms. The van der Waals surface area contributed by atoms with Crippen LogP contribution in [-0.2, 0) is 0 Å². The molecule has 0 aromatic heterocycles. The van der Waals surface area contributed by atoms with E-state index in [1.807, 2.05) is 24.3 Å². The second-order valence-electron chi connectivity index (χ2n) is 5.51. The van der Waals surface area contributed by atoms with Gasteiger partial charge in [-0.2, -0.15) is 0 Å². The van der Waals surface area contributed by atoms with Crippen LogP contribution in [0.15, 0.2) is 29.3 Å². The van der Waals surface area contributed by atoms with Crippen molar-refractivity contribution >= 4 is 35.6 Å². The van der Waals surface area contributed by atoms with Gasteiger partial charge < -0.3 is 20.7 Å². The molecule has 0 aliphatic heterocycles. The summed E-state index contributed by atoms with van der Waals surface area (Å²) in [5.74, 6) is 1.19. The number of anilines is 1. The Kier molecular flexibility index (Phi) is 8.55.